The summed E-state index contributed by atoms with van der Waals surface area (Å²) < 4.78 is 5.80. The van der Waals surface area contributed by atoms with Crippen molar-refractivity contribution in [2.75, 3.05) is 37.6 Å². The van der Waals surface area contributed by atoms with Gasteiger partial charge in [0, 0.05) is 38.2 Å². The summed E-state index contributed by atoms with van der Waals surface area (Å²) in [5, 5.41) is 0. The van der Waals surface area contributed by atoms with Gasteiger partial charge in [0.1, 0.15) is 11.5 Å². The summed E-state index contributed by atoms with van der Waals surface area (Å²) in [7, 11) is 0. The van der Waals surface area contributed by atoms with Crippen molar-refractivity contribution >= 4 is 17.8 Å². The normalized spacial score (nSPS) is 18.5. The van der Waals surface area contributed by atoms with Crippen LogP contribution in [0.25, 0.3) is 0 Å². The zero-order chi connectivity index (χ0) is 21.1. The molecule has 1 fully saturated rings. The molecule has 0 spiro atoms. The van der Waals surface area contributed by atoms with Gasteiger partial charge in [0.15, 0.2) is 5.69 Å². The van der Waals surface area contributed by atoms with E-state index in [1.807, 2.05) is 19.9 Å². The molecule has 0 bridgehead atoms. The lowest BCUT2D eigenvalue weighted by Crippen LogP contribution is -2.40. The molecule has 2 aliphatic heterocycles. The molecule has 1 atom stereocenters. The SMILES string of the molecule is CCN(CCN1CCCC1)C(=O)O[C@@H]1c2nccnc2C(=O)N1c1ccc(C)cn1. The molecule has 0 N–H and O–H groups in total. The van der Waals surface area contributed by atoms with Crippen LogP contribution in [0, 0.1) is 6.92 Å². The number of nitrogens with zero attached hydrogens (tertiary/aromatic N) is 6. The molecule has 0 aliphatic carbocycles. The van der Waals surface area contributed by atoms with Crippen molar-refractivity contribution in [3.63, 3.8) is 0 Å². The number of carbonyl (C=O) groups excluding carboxylic acids is 2. The molecular formula is C21H26N6O3. The molecule has 1 saturated heterocycles. The summed E-state index contributed by atoms with van der Waals surface area (Å²) in [6.07, 6.45) is 5.54. The first-order valence-corrected chi connectivity index (χ1v) is 10.3. The number of rotatable bonds is 6. The number of likely N-dealkylation sites (tertiary alicyclic amines) is 1. The van der Waals surface area contributed by atoms with Gasteiger partial charge in [-0.25, -0.2) is 19.7 Å². The predicted octanol–water partition coefficient (Wildman–Crippen LogP) is 2.39. The summed E-state index contributed by atoms with van der Waals surface area (Å²) in [6.45, 7) is 7.87. The Balaban J connectivity index is 1.55. The molecule has 2 aromatic rings. The number of ether oxygens (including phenoxy) is 1. The highest BCUT2D eigenvalue weighted by atomic mass is 16.6. The number of hydrogen-bond donors (Lipinski definition) is 0. The molecule has 2 aromatic heterocycles. The Hall–Kier alpha value is -3.07. The van der Waals surface area contributed by atoms with Crippen molar-refractivity contribution in [2.45, 2.75) is 32.9 Å². The third kappa shape index (κ3) is 3.97. The number of aromatic nitrogens is 3. The van der Waals surface area contributed by atoms with Crippen molar-refractivity contribution in [1.82, 2.24) is 24.8 Å². The van der Waals surface area contributed by atoms with Crippen LogP contribution < -0.4 is 4.90 Å². The van der Waals surface area contributed by atoms with Crippen LogP contribution in [-0.4, -0.2) is 69.5 Å². The van der Waals surface area contributed by atoms with Crippen LogP contribution in [0.4, 0.5) is 10.6 Å². The average Bonchev–Trinajstić information content (AvgIpc) is 3.37. The molecule has 4 heterocycles. The first-order chi connectivity index (χ1) is 14.6. The maximum absolute atomic E-state index is 13.0. The van der Waals surface area contributed by atoms with E-state index in [1.54, 1.807) is 17.2 Å². The first kappa shape index (κ1) is 20.2. The highest BCUT2D eigenvalue weighted by Gasteiger charge is 2.44. The predicted molar refractivity (Wildman–Crippen MR) is 110 cm³/mol. The molecule has 30 heavy (non-hydrogen) atoms. The summed E-state index contributed by atoms with van der Waals surface area (Å²) in [6, 6.07) is 3.58. The van der Waals surface area contributed by atoms with Gasteiger partial charge in [-0.1, -0.05) is 6.07 Å². The van der Waals surface area contributed by atoms with Crippen molar-refractivity contribution in [3.8, 4) is 0 Å². The lowest BCUT2D eigenvalue weighted by Gasteiger charge is -2.28. The minimum Gasteiger partial charge on any atom is -0.419 e. The second-order valence-corrected chi connectivity index (χ2v) is 7.52. The Bertz CT molecular complexity index is 913. The van der Waals surface area contributed by atoms with Gasteiger partial charge in [-0.15, -0.1) is 0 Å². The van der Waals surface area contributed by atoms with Crippen molar-refractivity contribution < 1.29 is 14.3 Å². The van der Waals surface area contributed by atoms with Crippen molar-refractivity contribution in [3.05, 3.63) is 47.7 Å². The standard InChI is InChI=1S/C21H26N6O3/c1-3-26(13-12-25-10-4-5-11-25)21(29)30-20-18-17(22-8-9-23-18)19(28)27(20)16-7-6-15(2)14-24-16/h6-9,14,20H,3-5,10-13H2,1-2H3/t20-/m1/s1. The number of likely N-dealkylation sites (N-methyl/N-ethyl adjacent to an activating group) is 1. The quantitative estimate of drug-likeness (QED) is 0.722. The third-order valence-corrected chi connectivity index (χ3v) is 5.50. The summed E-state index contributed by atoms with van der Waals surface area (Å²) >= 11 is 0. The third-order valence-electron chi connectivity index (χ3n) is 5.50. The van der Waals surface area contributed by atoms with Crippen LogP contribution in [0.15, 0.2) is 30.7 Å². The van der Waals surface area contributed by atoms with Crippen LogP contribution in [-0.2, 0) is 4.74 Å². The molecule has 158 valence electrons. The van der Waals surface area contributed by atoms with Crippen LogP contribution in [0.5, 0.6) is 0 Å². The number of hydrogen-bond acceptors (Lipinski definition) is 7. The number of carbonyl (C=O) groups is 2. The summed E-state index contributed by atoms with van der Waals surface area (Å²) in [4.78, 5) is 44.1. The van der Waals surface area contributed by atoms with Crippen LogP contribution in [0.2, 0.25) is 0 Å². The second kappa shape index (κ2) is 8.74. The molecule has 0 aromatic carbocycles. The lowest BCUT2D eigenvalue weighted by molar-refractivity contribution is 0.0584. The Morgan fingerprint density at radius 1 is 1.20 bits per heavy atom. The Morgan fingerprint density at radius 3 is 2.67 bits per heavy atom. The monoisotopic (exact) mass is 410 g/mol. The summed E-state index contributed by atoms with van der Waals surface area (Å²) in [5.74, 6) is 0.00989. The minimum absolute atomic E-state index is 0.179. The van der Waals surface area contributed by atoms with E-state index in [9.17, 15) is 9.59 Å². The maximum Gasteiger partial charge on any atom is 0.412 e. The lowest BCUT2D eigenvalue weighted by atomic mass is 10.3. The number of pyridine rings is 1. The van der Waals surface area contributed by atoms with Crippen LogP contribution in [0.3, 0.4) is 0 Å². The molecule has 2 amide bonds. The molecule has 0 radical (unpaired) electrons. The fourth-order valence-electron chi connectivity index (χ4n) is 3.79. The average molecular weight is 410 g/mol. The molecular weight excluding hydrogens is 384 g/mol. The topological polar surface area (TPSA) is 91.8 Å². The van der Waals surface area contributed by atoms with Gasteiger partial charge in [0.05, 0.1) is 0 Å². The van der Waals surface area contributed by atoms with E-state index < -0.39 is 12.3 Å². The van der Waals surface area contributed by atoms with Gasteiger partial charge in [-0.2, -0.15) is 0 Å². The highest BCUT2D eigenvalue weighted by Crippen LogP contribution is 2.35. The van der Waals surface area contributed by atoms with E-state index in [-0.39, 0.29) is 11.6 Å². The molecule has 0 unspecified atom stereocenters. The number of anilines is 1. The zero-order valence-corrected chi connectivity index (χ0v) is 17.3. The number of amides is 2. The first-order valence-electron chi connectivity index (χ1n) is 10.3. The molecule has 9 heteroatoms. The Labute approximate surface area is 175 Å². The van der Waals surface area contributed by atoms with E-state index in [4.69, 9.17) is 4.74 Å². The fraction of sp³-hybridized carbons (Fsp3) is 0.476. The molecule has 0 saturated carbocycles. The smallest absolute Gasteiger partial charge is 0.412 e. The van der Waals surface area contributed by atoms with E-state index in [2.05, 4.69) is 19.9 Å². The Kier molecular flexibility index (Phi) is 5.89. The summed E-state index contributed by atoms with van der Waals surface area (Å²) in [5.41, 5.74) is 1.47. The number of fused-ring (bicyclic) bond motifs is 1. The number of aryl methyl sites for hydroxylation is 1. The van der Waals surface area contributed by atoms with E-state index in [0.29, 0.717) is 24.6 Å². The maximum atomic E-state index is 13.0. The largest absolute Gasteiger partial charge is 0.419 e. The van der Waals surface area contributed by atoms with Gasteiger partial charge in [-0.3, -0.25) is 9.78 Å². The van der Waals surface area contributed by atoms with Crippen molar-refractivity contribution in [2.24, 2.45) is 0 Å². The minimum atomic E-state index is -0.996. The molecule has 9 nitrogen and oxygen atoms in total. The van der Waals surface area contributed by atoms with E-state index in [1.165, 1.54) is 30.1 Å². The fourth-order valence-corrected chi connectivity index (χ4v) is 3.79. The second-order valence-electron chi connectivity index (χ2n) is 7.52. The molecule has 2 aliphatic rings. The highest BCUT2D eigenvalue weighted by molar-refractivity contribution is 6.08. The van der Waals surface area contributed by atoms with E-state index in [0.717, 1.165) is 25.2 Å². The zero-order valence-electron chi connectivity index (χ0n) is 17.3. The van der Waals surface area contributed by atoms with Crippen LogP contribution >= 0.6 is 0 Å². The van der Waals surface area contributed by atoms with Gasteiger partial charge >= 0.3 is 6.09 Å². The van der Waals surface area contributed by atoms with E-state index >= 15 is 0 Å². The van der Waals surface area contributed by atoms with Gasteiger partial charge < -0.3 is 14.5 Å². The van der Waals surface area contributed by atoms with Gasteiger partial charge in [0.25, 0.3) is 5.91 Å². The van der Waals surface area contributed by atoms with Gasteiger partial charge in [0.2, 0.25) is 6.23 Å². The molecule has 4 rings (SSSR count). The van der Waals surface area contributed by atoms with Crippen molar-refractivity contribution in [1.29, 1.82) is 0 Å². The van der Waals surface area contributed by atoms with Crippen LogP contribution in [0.1, 0.15) is 47.7 Å². The Morgan fingerprint density at radius 2 is 1.97 bits per heavy atom. The van der Waals surface area contributed by atoms with Gasteiger partial charge in [-0.05, 0) is 51.4 Å².